The molecule has 1 fully saturated rings. The highest BCUT2D eigenvalue weighted by molar-refractivity contribution is 5.77. The maximum Gasteiger partial charge on any atom is 0.221 e. The highest BCUT2D eigenvalue weighted by Crippen LogP contribution is 2.38. The van der Waals surface area contributed by atoms with E-state index in [-0.39, 0.29) is 11.8 Å². The van der Waals surface area contributed by atoms with Crippen LogP contribution in [0.3, 0.4) is 0 Å². The average molecular weight is 260 g/mol. The number of fused-ring (bicyclic) bond motifs is 1. The van der Waals surface area contributed by atoms with E-state index >= 15 is 0 Å². The SMILES string of the molecule is NC(=O)C1CCN(C2CCCc3cc(O)ccc32)C1. The largest absolute Gasteiger partial charge is 0.508 e. The Kier molecular flexibility index (Phi) is 3.19. The van der Waals surface area contributed by atoms with Gasteiger partial charge >= 0.3 is 0 Å². The van der Waals surface area contributed by atoms with Crippen LogP contribution in [0.1, 0.15) is 36.4 Å². The standard InChI is InChI=1S/C15H20N2O2/c16-15(19)11-6-7-17(9-11)14-3-1-2-10-8-12(18)4-5-13(10)14/h4-5,8,11,14,18H,1-3,6-7,9H2,(H2,16,19). The number of carbonyl (C=O) groups is 1. The van der Waals surface area contributed by atoms with Crippen LogP contribution in [0.25, 0.3) is 0 Å². The zero-order chi connectivity index (χ0) is 13.4. The first kappa shape index (κ1) is 12.5. The van der Waals surface area contributed by atoms with Crippen LogP contribution in [0.15, 0.2) is 18.2 Å². The van der Waals surface area contributed by atoms with Crippen LogP contribution in [-0.4, -0.2) is 29.0 Å². The van der Waals surface area contributed by atoms with Gasteiger partial charge in [0.15, 0.2) is 0 Å². The van der Waals surface area contributed by atoms with Gasteiger partial charge in [0.2, 0.25) is 5.91 Å². The van der Waals surface area contributed by atoms with Crippen LogP contribution in [0.5, 0.6) is 5.75 Å². The summed E-state index contributed by atoms with van der Waals surface area (Å²) in [7, 11) is 0. The normalized spacial score (nSPS) is 27.2. The van der Waals surface area contributed by atoms with E-state index < -0.39 is 0 Å². The second kappa shape index (κ2) is 4.85. The second-order valence-corrected chi connectivity index (χ2v) is 5.67. The van der Waals surface area contributed by atoms with Crippen molar-refractivity contribution in [3.63, 3.8) is 0 Å². The van der Waals surface area contributed by atoms with Crippen LogP contribution < -0.4 is 5.73 Å². The number of aryl methyl sites for hydroxylation is 1. The predicted molar refractivity (Wildman–Crippen MR) is 72.7 cm³/mol. The minimum absolute atomic E-state index is 0.00231. The lowest BCUT2D eigenvalue weighted by atomic mass is 9.86. The van der Waals surface area contributed by atoms with Gasteiger partial charge in [-0.15, -0.1) is 0 Å². The molecule has 1 aromatic rings. The van der Waals surface area contributed by atoms with Crippen LogP contribution >= 0.6 is 0 Å². The van der Waals surface area contributed by atoms with E-state index in [1.54, 1.807) is 6.07 Å². The molecule has 1 aliphatic heterocycles. The molecule has 1 aliphatic carbocycles. The highest BCUT2D eigenvalue weighted by Gasteiger charge is 2.33. The molecule has 2 unspecified atom stereocenters. The molecule has 3 rings (SSSR count). The minimum atomic E-state index is -0.177. The number of hydrogen-bond donors (Lipinski definition) is 2. The Morgan fingerprint density at radius 2 is 2.21 bits per heavy atom. The molecule has 1 heterocycles. The summed E-state index contributed by atoms with van der Waals surface area (Å²) in [5.74, 6) is 0.169. The predicted octanol–water partition coefficient (Wildman–Crippen LogP) is 1.58. The van der Waals surface area contributed by atoms with Gasteiger partial charge in [-0.3, -0.25) is 9.69 Å². The fourth-order valence-corrected chi connectivity index (χ4v) is 3.46. The zero-order valence-electron chi connectivity index (χ0n) is 11.0. The lowest BCUT2D eigenvalue weighted by molar-refractivity contribution is -0.121. The maximum atomic E-state index is 11.3. The average Bonchev–Trinajstić information content (AvgIpc) is 2.87. The molecule has 2 atom stereocenters. The summed E-state index contributed by atoms with van der Waals surface area (Å²) in [4.78, 5) is 13.7. The third-order valence-corrected chi connectivity index (χ3v) is 4.47. The van der Waals surface area contributed by atoms with Gasteiger partial charge < -0.3 is 10.8 Å². The van der Waals surface area contributed by atoms with Gasteiger partial charge in [0, 0.05) is 12.6 Å². The molecule has 3 N–H and O–H groups in total. The summed E-state index contributed by atoms with van der Waals surface area (Å²) < 4.78 is 0. The second-order valence-electron chi connectivity index (χ2n) is 5.67. The Bertz CT molecular complexity index is 501. The van der Waals surface area contributed by atoms with Crippen molar-refractivity contribution in [1.29, 1.82) is 0 Å². The fraction of sp³-hybridized carbons (Fsp3) is 0.533. The number of aromatic hydroxyl groups is 1. The fourth-order valence-electron chi connectivity index (χ4n) is 3.46. The molecule has 2 aliphatic rings. The van der Waals surface area contributed by atoms with E-state index in [0.29, 0.717) is 11.8 Å². The Balaban J connectivity index is 1.82. The molecule has 1 amide bonds. The first-order valence-corrected chi connectivity index (χ1v) is 7.00. The van der Waals surface area contributed by atoms with Gasteiger partial charge in [-0.1, -0.05) is 6.07 Å². The molecule has 102 valence electrons. The summed E-state index contributed by atoms with van der Waals surface area (Å²) >= 11 is 0. The van der Waals surface area contributed by atoms with Gasteiger partial charge in [0.25, 0.3) is 0 Å². The molecular weight excluding hydrogens is 240 g/mol. The summed E-state index contributed by atoms with van der Waals surface area (Å²) in [6.07, 6.45) is 4.18. The van der Waals surface area contributed by atoms with Crippen molar-refractivity contribution in [3.8, 4) is 5.75 Å². The topological polar surface area (TPSA) is 66.6 Å². The Hall–Kier alpha value is -1.55. The molecule has 1 saturated heterocycles. The number of primary amides is 1. The molecule has 4 heteroatoms. The van der Waals surface area contributed by atoms with Crippen molar-refractivity contribution in [3.05, 3.63) is 29.3 Å². The number of amides is 1. The molecule has 0 radical (unpaired) electrons. The van der Waals surface area contributed by atoms with Crippen molar-refractivity contribution >= 4 is 5.91 Å². The number of phenols is 1. The quantitative estimate of drug-likeness (QED) is 0.848. The maximum absolute atomic E-state index is 11.3. The van der Waals surface area contributed by atoms with Crippen LogP contribution in [0, 0.1) is 5.92 Å². The number of carbonyl (C=O) groups excluding carboxylic acids is 1. The number of likely N-dealkylation sites (tertiary alicyclic amines) is 1. The first-order valence-electron chi connectivity index (χ1n) is 7.00. The summed E-state index contributed by atoms with van der Waals surface area (Å²) in [6.45, 7) is 1.72. The molecule has 0 spiro atoms. The molecule has 4 nitrogen and oxygen atoms in total. The highest BCUT2D eigenvalue weighted by atomic mass is 16.3. The van der Waals surface area contributed by atoms with Crippen molar-refractivity contribution in [2.75, 3.05) is 13.1 Å². The Morgan fingerprint density at radius 1 is 1.37 bits per heavy atom. The number of phenolic OH excluding ortho intramolecular Hbond substituents is 1. The van der Waals surface area contributed by atoms with E-state index in [2.05, 4.69) is 4.90 Å². The van der Waals surface area contributed by atoms with Crippen LogP contribution in [-0.2, 0) is 11.2 Å². The van der Waals surface area contributed by atoms with E-state index in [1.807, 2.05) is 12.1 Å². The number of benzene rings is 1. The lowest BCUT2D eigenvalue weighted by Crippen LogP contribution is -2.32. The van der Waals surface area contributed by atoms with Gasteiger partial charge in [-0.2, -0.15) is 0 Å². The Labute approximate surface area is 113 Å². The third kappa shape index (κ3) is 2.32. The van der Waals surface area contributed by atoms with Crippen molar-refractivity contribution in [2.45, 2.75) is 31.7 Å². The van der Waals surface area contributed by atoms with E-state index in [9.17, 15) is 9.90 Å². The lowest BCUT2D eigenvalue weighted by Gasteiger charge is -2.33. The van der Waals surface area contributed by atoms with Crippen molar-refractivity contribution < 1.29 is 9.90 Å². The molecule has 19 heavy (non-hydrogen) atoms. The van der Waals surface area contributed by atoms with E-state index in [4.69, 9.17) is 5.73 Å². The van der Waals surface area contributed by atoms with E-state index in [1.165, 1.54) is 11.1 Å². The molecule has 0 saturated carbocycles. The first-order chi connectivity index (χ1) is 9.15. The molecular formula is C15H20N2O2. The minimum Gasteiger partial charge on any atom is -0.508 e. The van der Waals surface area contributed by atoms with Gasteiger partial charge in [-0.25, -0.2) is 0 Å². The zero-order valence-corrected chi connectivity index (χ0v) is 11.0. The molecule has 0 aromatic heterocycles. The van der Waals surface area contributed by atoms with Gasteiger partial charge in [0.05, 0.1) is 5.92 Å². The number of rotatable bonds is 2. The molecule has 0 bridgehead atoms. The van der Waals surface area contributed by atoms with Gasteiger partial charge in [-0.05, 0) is 55.5 Å². The Morgan fingerprint density at radius 3 is 2.95 bits per heavy atom. The smallest absolute Gasteiger partial charge is 0.221 e. The molecule has 1 aromatic carbocycles. The van der Waals surface area contributed by atoms with Crippen molar-refractivity contribution in [1.82, 2.24) is 4.90 Å². The summed E-state index contributed by atoms with van der Waals surface area (Å²) in [5, 5.41) is 9.58. The van der Waals surface area contributed by atoms with Crippen LogP contribution in [0.2, 0.25) is 0 Å². The third-order valence-electron chi connectivity index (χ3n) is 4.47. The van der Waals surface area contributed by atoms with Gasteiger partial charge in [0.1, 0.15) is 5.75 Å². The van der Waals surface area contributed by atoms with Crippen molar-refractivity contribution in [2.24, 2.45) is 11.7 Å². The van der Waals surface area contributed by atoms with E-state index in [0.717, 1.165) is 38.8 Å². The number of nitrogens with zero attached hydrogens (tertiary/aromatic N) is 1. The van der Waals surface area contributed by atoms with Crippen LogP contribution in [0.4, 0.5) is 0 Å². The summed E-state index contributed by atoms with van der Waals surface area (Å²) in [6, 6.07) is 6.06. The number of hydrogen-bond acceptors (Lipinski definition) is 3. The number of nitrogens with two attached hydrogens (primary N) is 1. The summed E-state index contributed by atoms with van der Waals surface area (Å²) in [5.41, 5.74) is 7.97. The monoisotopic (exact) mass is 260 g/mol.